The Labute approximate surface area is 124 Å². The van der Waals surface area contributed by atoms with Gasteiger partial charge in [0.1, 0.15) is 6.10 Å². The summed E-state index contributed by atoms with van der Waals surface area (Å²) in [5, 5.41) is 3.69. The Hall–Kier alpha value is -1.29. The van der Waals surface area contributed by atoms with Gasteiger partial charge < -0.3 is 10.1 Å². The van der Waals surface area contributed by atoms with E-state index in [1.165, 1.54) is 0 Å². The molecule has 0 aliphatic heterocycles. The zero-order chi connectivity index (χ0) is 14.5. The van der Waals surface area contributed by atoms with Crippen molar-refractivity contribution >= 4 is 17.5 Å². The maximum atomic E-state index is 11.7. The quantitative estimate of drug-likeness (QED) is 0.928. The molecule has 0 saturated heterocycles. The molecule has 0 radical (unpaired) electrons. The van der Waals surface area contributed by atoms with Crippen LogP contribution in [0.1, 0.15) is 39.5 Å². The lowest BCUT2D eigenvalue weighted by molar-refractivity contribution is -0.125. The van der Waals surface area contributed by atoms with Crippen molar-refractivity contribution in [2.45, 2.75) is 51.7 Å². The van der Waals surface area contributed by atoms with Crippen LogP contribution in [-0.4, -0.2) is 23.0 Å². The van der Waals surface area contributed by atoms with Crippen LogP contribution in [0.4, 0.5) is 0 Å². The van der Waals surface area contributed by atoms with Crippen LogP contribution in [0.15, 0.2) is 18.3 Å². The van der Waals surface area contributed by atoms with Gasteiger partial charge in [0, 0.05) is 24.2 Å². The summed E-state index contributed by atoms with van der Waals surface area (Å²) in [6.07, 6.45) is 5.55. The Morgan fingerprint density at radius 3 is 2.60 bits per heavy atom. The van der Waals surface area contributed by atoms with Crippen LogP contribution >= 0.6 is 11.6 Å². The Balaban J connectivity index is 1.77. The first kappa shape index (κ1) is 15.1. The highest BCUT2D eigenvalue weighted by Gasteiger charge is 2.24. The van der Waals surface area contributed by atoms with Gasteiger partial charge in [-0.2, -0.15) is 0 Å². The van der Waals surface area contributed by atoms with E-state index >= 15 is 0 Å². The van der Waals surface area contributed by atoms with Crippen molar-refractivity contribution in [1.82, 2.24) is 10.3 Å². The van der Waals surface area contributed by atoms with Crippen molar-refractivity contribution in [2.24, 2.45) is 5.92 Å². The average Bonchev–Trinajstić information content (AvgIpc) is 2.43. The third-order valence-electron chi connectivity index (χ3n) is 3.53. The molecule has 4 nitrogen and oxygen atoms in total. The molecule has 0 atom stereocenters. The highest BCUT2D eigenvalue weighted by molar-refractivity contribution is 6.30. The van der Waals surface area contributed by atoms with Gasteiger partial charge in [-0.1, -0.05) is 25.4 Å². The standard InChI is InChI=1S/C15H21ClN2O2/c1-10(2)15(19)18-12-4-6-13(7-5-12)20-14-8-3-11(16)9-17-14/h3,8-10,12-13H,4-7H2,1-2H3,(H,18,19). The van der Waals surface area contributed by atoms with Crippen LogP contribution in [0.2, 0.25) is 5.02 Å². The van der Waals surface area contributed by atoms with Crippen LogP contribution < -0.4 is 10.1 Å². The lowest BCUT2D eigenvalue weighted by Crippen LogP contribution is -2.41. The fraction of sp³-hybridized carbons (Fsp3) is 0.600. The summed E-state index contributed by atoms with van der Waals surface area (Å²) in [5.74, 6) is 0.792. The van der Waals surface area contributed by atoms with Gasteiger partial charge >= 0.3 is 0 Å². The van der Waals surface area contributed by atoms with Crippen molar-refractivity contribution in [2.75, 3.05) is 0 Å². The Morgan fingerprint density at radius 1 is 1.35 bits per heavy atom. The van der Waals surface area contributed by atoms with E-state index < -0.39 is 0 Å². The number of aromatic nitrogens is 1. The fourth-order valence-electron chi connectivity index (χ4n) is 2.30. The predicted octanol–water partition coefficient (Wildman–Crippen LogP) is 3.20. The molecule has 2 rings (SSSR count). The van der Waals surface area contributed by atoms with Crippen molar-refractivity contribution < 1.29 is 9.53 Å². The van der Waals surface area contributed by atoms with Crippen LogP contribution in [0.3, 0.4) is 0 Å². The molecule has 5 heteroatoms. The molecule has 1 heterocycles. The van der Waals surface area contributed by atoms with Crippen LogP contribution in [0.25, 0.3) is 0 Å². The number of pyridine rings is 1. The van der Waals surface area contributed by atoms with Crippen molar-refractivity contribution in [3.05, 3.63) is 23.4 Å². The van der Waals surface area contributed by atoms with E-state index in [9.17, 15) is 4.79 Å². The lowest BCUT2D eigenvalue weighted by atomic mass is 9.92. The number of hydrogen-bond donors (Lipinski definition) is 1. The van der Waals surface area contributed by atoms with Gasteiger partial charge in [-0.05, 0) is 31.7 Å². The number of rotatable bonds is 4. The van der Waals surface area contributed by atoms with E-state index in [2.05, 4.69) is 10.3 Å². The van der Waals surface area contributed by atoms with Crippen molar-refractivity contribution in [1.29, 1.82) is 0 Å². The summed E-state index contributed by atoms with van der Waals surface area (Å²) in [4.78, 5) is 15.8. The minimum absolute atomic E-state index is 0.0437. The summed E-state index contributed by atoms with van der Waals surface area (Å²) >= 11 is 5.79. The number of nitrogens with zero attached hydrogens (tertiary/aromatic N) is 1. The zero-order valence-electron chi connectivity index (χ0n) is 11.9. The third-order valence-corrected chi connectivity index (χ3v) is 3.76. The molecular weight excluding hydrogens is 276 g/mol. The topological polar surface area (TPSA) is 51.2 Å². The molecular formula is C15H21ClN2O2. The summed E-state index contributed by atoms with van der Waals surface area (Å²) < 4.78 is 5.83. The Kier molecular flexibility index (Phi) is 5.24. The Morgan fingerprint density at radius 2 is 2.05 bits per heavy atom. The van der Waals surface area contributed by atoms with Crippen LogP contribution in [0, 0.1) is 5.92 Å². The molecule has 20 heavy (non-hydrogen) atoms. The summed E-state index contributed by atoms with van der Waals surface area (Å²) in [6, 6.07) is 3.84. The molecule has 0 aromatic carbocycles. The first-order chi connectivity index (χ1) is 9.54. The average molecular weight is 297 g/mol. The minimum atomic E-state index is 0.0437. The number of nitrogens with one attached hydrogen (secondary N) is 1. The monoisotopic (exact) mass is 296 g/mol. The predicted molar refractivity (Wildman–Crippen MR) is 78.9 cm³/mol. The number of carbonyl (C=O) groups excluding carboxylic acids is 1. The van der Waals surface area contributed by atoms with Gasteiger partial charge in [-0.25, -0.2) is 4.98 Å². The fourth-order valence-corrected chi connectivity index (χ4v) is 2.41. The molecule has 0 bridgehead atoms. The maximum Gasteiger partial charge on any atom is 0.222 e. The second-order valence-electron chi connectivity index (χ2n) is 5.57. The molecule has 110 valence electrons. The zero-order valence-corrected chi connectivity index (χ0v) is 12.7. The summed E-state index contributed by atoms with van der Waals surface area (Å²) in [7, 11) is 0. The highest BCUT2D eigenvalue weighted by atomic mass is 35.5. The van der Waals surface area contributed by atoms with E-state index in [0.717, 1.165) is 25.7 Å². The largest absolute Gasteiger partial charge is 0.474 e. The second kappa shape index (κ2) is 6.93. The smallest absolute Gasteiger partial charge is 0.222 e. The minimum Gasteiger partial charge on any atom is -0.474 e. The van der Waals surface area contributed by atoms with Gasteiger partial charge in [-0.3, -0.25) is 4.79 Å². The molecule has 0 unspecified atom stereocenters. The summed E-state index contributed by atoms with van der Waals surface area (Å²) in [5.41, 5.74) is 0. The highest BCUT2D eigenvalue weighted by Crippen LogP contribution is 2.23. The van der Waals surface area contributed by atoms with Gasteiger partial charge in [-0.15, -0.1) is 0 Å². The summed E-state index contributed by atoms with van der Waals surface area (Å²) in [6.45, 7) is 3.83. The Bertz CT molecular complexity index is 440. The van der Waals surface area contributed by atoms with Crippen molar-refractivity contribution in [3.63, 3.8) is 0 Å². The van der Waals surface area contributed by atoms with E-state index in [1.807, 2.05) is 13.8 Å². The first-order valence-corrected chi connectivity index (χ1v) is 7.51. The molecule has 1 fully saturated rings. The lowest BCUT2D eigenvalue weighted by Gasteiger charge is -2.29. The number of ether oxygens (including phenoxy) is 1. The van der Waals surface area contributed by atoms with Crippen LogP contribution in [0.5, 0.6) is 5.88 Å². The van der Waals surface area contributed by atoms with Gasteiger partial charge in [0.15, 0.2) is 0 Å². The van der Waals surface area contributed by atoms with E-state index in [0.29, 0.717) is 10.9 Å². The first-order valence-electron chi connectivity index (χ1n) is 7.13. The molecule has 1 aromatic heterocycles. The molecule has 1 saturated carbocycles. The number of amides is 1. The maximum absolute atomic E-state index is 11.7. The van der Waals surface area contributed by atoms with E-state index in [1.54, 1.807) is 18.3 Å². The number of hydrogen-bond acceptors (Lipinski definition) is 3. The van der Waals surface area contributed by atoms with Gasteiger partial charge in [0.25, 0.3) is 0 Å². The van der Waals surface area contributed by atoms with Gasteiger partial charge in [0.2, 0.25) is 11.8 Å². The molecule has 0 spiro atoms. The normalized spacial score (nSPS) is 22.6. The molecule has 1 N–H and O–H groups in total. The SMILES string of the molecule is CC(C)C(=O)NC1CCC(Oc2ccc(Cl)cn2)CC1. The molecule has 1 aliphatic carbocycles. The molecule has 1 amide bonds. The number of carbonyl (C=O) groups is 1. The van der Waals surface area contributed by atoms with Gasteiger partial charge in [0.05, 0.1) is 5.02 Å². The van der Waals surface area contributed by atoms with Crippen molar-refractivity contribution in [3.8, 4) is 5.88 Å². The van der Waals surface area contributed by atoms with Crippen LogP contribution in [-0.2, 0) is 4.79 Å². The van der Waals surface area contributed by atoms with E-state index in [4.69, 9.17) is 16.3 Å². The van der Waals surface area contributed by atoms with E-state index in [-0.39, 0.29) is 24.0 Å². The molecule has 1 aliphatic rings. The third kappa shape index (κ3) is 4.37. The number of halogens is 1. The molecule has 1 aromatic rings. The second-order valence-corrected chi connectivity index (χ2v) is 6.01.